The van der Waals surface area contributed by atoms with Gasteiger partial charge in [0, 0.05) is 25.3 Å². The van der Waals surface area contributed by atoms with E-state index in [-0.39, 0.29) is 30.0 Å². The van der Waals surface area contributed by atoms with Gasteiger partial charge in [-0.15, -0.1) is 24.0 Å². The Morgan fingerprint density at radius 2 is 1.93 bits per heavy atom. The van der Waals surface area contributed by atoms with Crippen LogP contribution in [0, 0.1) is 11.3 Å². The quantitative estimate of drug-likeness (QED) is 0.344. The molecule has 1 aliphatic heterocycles. The Morgan fingerprint density at radius 3 is 2.66 bits per heavy atom. The second kappa shape index (κ2) is 11.7. The van der Waals surface area contributed by atoms with Crippen molar-refractivity contribution >= 4 is 35.6 Å². The minimum Gasteiger partial charge on any atom is -0.372 e. The smallest absolute Gasteiger partial charge is 0.192 e. The number of guanidine groups is 1. The number of hydrogen-bond acceptors (Lipinski definition) is 3. The molecule has 3 rings (SSSR count). The van der Waals surface area contributed by atoms with Crippen molar-refractivity contribution in [2.24, 2.45) is 4.99 Å². The van der Waals surface area contributed by atoms with Crippen LogP contribution in [0.15, 0.2) is 53.5 Å². The highest BCUT2D eigenvalue weighted by molar-refractivity contribution is 14.0. The molecule has 2 aromatic carbocycles. The number of benzene rings is 2. The molecule has 1 fully saturated rings. The van der Waals surface area contributed by atoms with Crippen LogP contribution in [0.2, 0.25) is 0 Å². The fraction of sp³-hybridized carbons (Fsp3) is 0.391. The summed E-state index contributed by atoms with van der Waals surface area (Å²) in [7, 11) is 0. The standard InChI is InChI=1S/C23H29N5.HI/c1-3-25-23(26-17-20-9-6-8-19(14-20)16-24)27-18(2)21-10-7-11-22(15-21)28-12-4-5-13-28;/h6-11,14-15,18H,3-5,12-13,17H2,1-2H3,(H2,25,26,27);1H. The maximum atomic E-state index is 9.06. The maximum Gasteiger partial charge on any atom is 0.192 e. The number of anilines is 1. The number of aliphatic imine (C=N–C) groups is 1. The predicted octanol–water partition coefficient (Wildman–Crippen LogP) is 4.59. The second-order valence-corrected chi connectivity index (χ2v) is 7.16. The Hall–Kier alpha value is -2.27. The van der Waals surface area contributed by atoms with Crippen molar-refractivity contribution in [3.63, 3.8) is 0 Å². The Bertz CT molecular complexity index is 852. The average molecular weight is 503 g/mol. The molecule has 0 bridgehead atoms. The summed E-state index contributed by atoms with van der Waals surface area (Å²) < 4.78 is 0. The van der Waals surface area contributed by atoms with E-state index in [0.29, 0.717) is 12.1 Å². The van der Waals surface area contributed by atoms with Crippen molar-refractivity contribution in [2.75, 3.05) is 24.5 Å². The Balaban J connectivity index is 0.00000300. The zero-order chi connectivity index (χ0) is 19.8. The number of rotatable bonds is 6. The third kappa shape index (κ3) is 6.64. The monoisotopic (exact) mass is 503 g/mol. The van der Waals surface area contributed by atoms with E-state index in [0.717, 1.165) is 31.2 Å². The van der Waals surface area contributed by atoms with Crippen LogP contribution in [-0.4, -0.2) is 25.6 Å². The van der Waals surface area contributed by atoms with Crippen molar-refractivity contribution in [1.82, 2.24) is 10.6 Å². The number of halogens is 1. The molecule has 5 nitrogen and oxygen atoms in total. The summed E-state index contributed by atoms with van der Waals surface area (Å²) in [5, 5.41) is 15.9. The van der Waals surface area contributed by atoms with Gasteiger partial charge in [0.15, 0.2) is 5.96 Å². The minimum absolute atomic E-state index is 0. The van der Waals surface area contributed by atoms with Gasteiger partial charge in [-0.05, 0) is 62.1 Å². The molecule has 1 saturated heterocycles. The second-order valence-electron chi connectivity index (χ2n) is 7.16. The van der Waals surface area contributed by atoms with Crippen LogP contribution in [0.4, 0.5) is 5.69 Å². The fourth-order valence-corrected chi connectivity index (χ4v) is 3.48. The lowest BCUT2D eigenvalue weighted by molar-refractivity contribution is 0.686. The van der Waals surface area contributed by atoms with Crippen LogP contribution in [0.1, 0.15) is 49.4 Å². The number of hydrogen-bond donors (Lipinski definition) is 2. The molecule has 0 spiro atoms. The van der Waals surface area contributed by atoms with Crippen LogP contribution >= 0.6 is 24.0 Å². The largest absolute Gasteiger partial charge is 0.372 e. The highest BCUT2D eigenvalue weighted by Gasteiger charge is 2.14. The van der Waals surface area contributed by atoms with E-state index in [9.17, 15) is 0 Å². The van der Waals surface area contributed by atoms with E-state index in [4.69, 9.17) is 10.3 Å². The molecule has 1 unspecified atom stereocenters. The average Bonchev–Trinajstić information content (AvgIpc) is 3.27. The van der Waals surface area contributed by atoms with Crippen molar-refractivity contribution in [1.29, 1.82) is 5.26 Å². The number of nitrogens with zero attached hydrogens (tertiary/aromatic N) is 3. The van der Waals surface area contributed by atoms with Gasteiger partial charge in [0.05, 0.1) is 24.2 Å². The summed E-state index contributed by atoms with van der Waals surface area (Å²) >= 11 is 0. The predicted molar refractivity (Wildman–Crippen MR) is 131 cm³/mol. The summed E-state index contributed by atoms with van der Waals surface area (Å²) in [4.78, 5) is 7.16. The third-order valence-electron chi connectivity index (χ3n) is 5.01. The van der Waals surface area contributed by atoms with Gasteiger partial charge in [-0.1, -0.05) is 24.3 Å². The highest BCUT2D eigenvalue weighted by atomic mass is 127. The molecule has 0 amide bonds. The van der Waals surface area contributed by atoms with Crippen molar-refractivity contribution in [2.45, 2.75) is 39.3 Å². The van der Waals surface area contributed by atoms with Crippen LogP contribution in [0.5, 0.6) is 0 Å². The van der Waals surface area contributed by atoms with Crippen molar-refractivity contribution in [3.05, 3.63) is 65.2 Å². The molecule has 0 saturated carbocycles. The molecule has 6 heteroatoms. The molecule has 0 aliphatic carbocycles. The molecular formula is C23H30IN5. The van der Waals surface area contributed by atoms with Gasteiger partial charge in [0.25, 0.3) is 0 Å². The lowest BCUT2D eigenvalue weighted by Gasteiger charge is -2.22. The zero-order valence-corrected chi connectivity index (χ0v) is 19.5. The zero-order valence-electron chi connectivity index (χ0n) is 17.2. The lowest BCUT2D eigenvalue weighted by atomic mass is 10.1. The summed E-state index contributed by atoms with van der Waals surface area (Å²) in [6.07, 6.45) is 2.56. The molecule has 0 aromatic heterocycles. The molecule has 0 radical (unpaired) electrons. The van der Waals surface area contributed by atoms with Gasteiger partial charge in [-0.25, -0.2) is 4.99 Å². The van der Waals surface area contributed by atoms with Gasteiger partial charge >= 0.3 is 0 Å². The summed E-state index contributed by atoms with van der Waals surface area (Å²) in [6, 6.07) is 18.7. The van der Waals surface area contributed by atoms with E-state index in [1.807, 2.05) is 24.3 Å². The fourth-order valence-electron chi connectivity index (χ4n) is 3.48. The van der Waals surface area contributed by atoms with E-state index in [1.54, 1.807) is 0 Å². The molecule has 1 aliphatic rings. The molecular weight excluding hydrogens is 473 g/mol. The molecule has 1 heterocycles. The van der Waals surface area contributed by atoms with Crippen LogP contribution in [-0.2, 0) is 6.54 Å². The molecule has 2 N–H and O–H groups in total. The minimum atomic E-state index is 0. The van der Waals surface area contributed by atoms with Gasteiger partial charge in [-0.2, -0.15) is 5.26 Å². The Morgan fingerprint density at radius 1 is 1.17 bits per heavy atom. The molecule has 29 heavy (non-hydrogen) atoms. The Labute approximate surface area is 191 Å². The summed E-state index contributed by atoms with van der Waals surface area (Å²) in [5.74, 6) is 0.781. The van der Waals surface area contributed by atoms with Crippen molar-refractivity contribution in [3.8, 4) is 6.07 Å². The van der Waals surface area contributed by atoms with Gasteiger partial charge in [0.1, 0.15) is 0 Å². The molecule has 2 aromatic rings. The van der Waals surface area contributed by atoms with Gasteiger partial charge in [0.2, 0.25) is 0 Å². The first-order chi connectivity index (χ1) is 13.7. The van der Waals surface area contributed by atoms with Crippen LogP contribution < -0.4 is 15.5 Å². The first kappa shape index (κ1) is 23.0. The Kier molecular flexibility index (Phi) is 9.26. The van der Waals surface area contributed by atoms with E-state index in [1.165, 1.54) is 24.1 Å². The number of nitrogens with one attached hydrogen (secondary N) is 2. The third-order valence-corrected chi connectivity index (χ3v) is 5.01. The van der Waals surface area contributed by atoms with Crippen molar-refractivity contribution < 1.29 is 0 Å². The topological polar surface area (TPSA) is 63.5 Å². The van der Waals surface area contributed by atoms with E-state index < -0.39 is 0 Å². The maximum absolute atomic E-state index is 9.06. The lowest BCUT2D eigenvalue weighted by Crippen LogP contribution is -2.38. The normalized spacial score (nSPS) is 14.7. The van der Waals surface area contributed by atoms with Gasteiger partial charge in [-0.3, -0.25) is 0 Å². The number of nitriles is 1. The molecule has 1 atom stereocenters. The van der Waals surface area contributed by atoms with E-state index in [2.05, 4.69) is 59.7 Å². The van der Waals surface area contributed by atoms with Crippen LogP contribution in [0.3, 0.4) is 0 Å². The van der Waals surface area contributed by atoms with E-state index >= 15 is 0 Å². The highest BCUT2D eigenvalue weighted by Crippen LogP contribution is 2.24. The molecule has 154 valence electrons. The summed E-state index contributed by atoms with van der Waals surface area (Å²) in [5.41, 5.74) is 4.25. The first-order valence-corrected chi connectivity index (χ1v) is 10.1. The first-order valence-electron chi connectivity index (χ1n) is 10.1. The van der Waals surface area contributed by atoms with Crippen LogP contribution in [0.25, 0.3) is 0 Å². The van der Waals surface area contributed by atoms with Gasteiger partial charge < -0.3 is 15.5 Å². The SMILES string of the molecule is CCNC(=NCc1cccc(C#N)c1)NC(C)c1cccc(N2CCCC2)c1.I. The summed E-state index contributed by atoms with van der Waals surface area (Å²) in [6.45, 7) is 7.85.